The van der Waals surface area contributed by atoms with Crippen molar-refractivity contribution in [3.05, 3.63) is 39.6 Å². The van der Waals surface area contributed by atoms with Gasteiger partial charge >= 0.3 is 0 Å². The normalized spacial score (nSPS) is 15.4. The lowest BCUT2D eigenvalue weighted by Crippen LogP contribution is -2.37. The fourth-order valence-corrected chi connectivity index (χ4v) is 4.98. The van der Waals surface area contributed by atoms with Gasteiger partial charge in [0.1, 0.15) is 11.4 Å². The summed E-state index contributed by atoms with van der Waals surface area (Å²) in [6.07, 6.45) is 5.96. The Morgan fingerprint density at radius 2 is 1.96 bits per heavy atom. The summed E-state index contributed by atoms with van der Waals surface area (Å²) in [6.45, 7) is 1.66. The molecule has 1 aliphatic rings. The highest BCUT2D eigenvalue weighted by molar-refractivity contribution is 7.18. The van der Waals surface area contributed by atoms with E-state index in [1.807, 2.05) is 27.8 Å². The molecule has 0 atom stereocenters. The Hall–Kier alpha value is -1.99. The van der Waals surface area contributed by atoms with E-state index in [0.717, 1.165) is 41.2 Å². The summed E-state index contributed by atoms with van der Waals surface area (Å²) in [5.41, 5.74) is 0.793. The van der Waals surface area contributed by atoms with E-state index in [9.17, 15) is 9.59 Å². The van der Waals surface area contributed by atoms with Crippen LogP contribution in [0.15, 0.2) is 34.0 Å². The summed E-state index contributed by atoms with van der Waals surface area (Å²) in [7, 11) is 0. The molecule has 1 aliphatic heterocycles. The Balaban J connectivity index is 1.66. The van der Waals surface area contributed by atoms with E-state index in [-0.39, 0.29) is 18.0 Å². The molecule has 3 aromatic heterocycles. The number of aromatic nitrogens is 2. The molecule has 0 aromatic carbocycles. The average molecular weight is 374 g/mol. The van der Waals surface area contributed by atoms with Crippen LogP contribution in [0.5, 0.6) is 0 Å². The van der Waals surface area contributed by atoms with E-state index in [2.05, 4.69) is 4.98 Å². The number of hydrogen-bond acceptors (Lipinski definition) is 5. The van der Waals surface area contributed by atoms with Gasteiger partial charge in [-0.3, -0.25) is 14.2 Å². The second-order valence-corrected chi connectivity index (χ2v) is 8.09. The van der Waals surface area contributed by atoms with E-state index in [1.54, 1.807) is 11.3 Å². The van der Waals surface area contributed by atoms with Crippen molar-refractivity contribution in [3.8, 4) is 10.4 Å². The molecule has 25 heavy (non-hydrogen) atoms. The molecule has 0 radical (unpaired) electrons. The number of thiophene rings is 2. The molecule has 0 bridgehead atoms. The molecule has 3 aromatic rings. The fraction of sp³-hybridized carbons (Fsp3) is 0.389. The highest BCUT2D eigenvalue weighted by Crippen LogP contribution is 2.33. The molecule has 0 unspecified atom stereocenters. The maximum atomic E-state index is 13.0. The molecule has 4 rings (SSSR count). The van der Waals surface area contributed by atoms with Crippen LogP contribution in [0, 0.1) is 0 Å². The van der Waals surface area contributed by atoms with Crippen LogP contribution in [0.1, 0.15) is 25.7 Å². The largest absolute Gasteiger partial charge is 0.341 e. The van der Waals surface area contributed by atoms with Gasteiger partial charge in [0.15, 0.2) is 0 Å². The Kier molecular flexibility index (Phi) is 4.67. The number of carbonyl (C=O) groups is 1. The maximum Gasteiger partial charge on any atom is 0.263 e. The monoisotopic (exact) mass is 373 g/mol. The molecule has 0 N–H and O–H groups in total. The van der Waals surface area contributed by atoms with Crippen molar-refractivity contribution in [2.24, 2.45) is 0 Å². The van der Waals surface area contributed by atoms with Crippen LogP contribution < -0.4 is 5.56 Å². The maximum absolute atomic E-state index is 13.0. The molecular weight excluding hydrogens is 354 g/mol. The van der Waals surface area contributed by atoms with E-state index in [1.165, 1.54) is 35.1 Å². The van der Waals surface area contributed by atoms with Gasteiger partial charge in [0.25, 0.3) is 5.56 Å². The number of amides is 1. The molecule has 1 amide bonds. The SMILES string of the molecule is O=C(Cn1cnc2scc(-c3cccs3)c2c1=O)N1CCCCCC1. The van der Waals surface area contributed by atoms with Gasteiger partial charge in [0, 0.05) is 28.9 Å². The van der Waals surface area contributed by atoms with Crippen LogP contribution in [0.3, 0.4) is 0 Å². The highest BCUT2D eigenvalue weighted by atomic mass is 32.1. The first-order valence-electron chi connectivity index (χ1n) is 8.52. The third kappa shape index (κ3) is 3.26. The Bertz CT molecular complexity index is 935. The number of fused-ring (bicyclic) bond motifs is 1. The molecule has 5 nitrogen and oxygen atoms in total. The second kappa shape index (κ2) is 7.09. The molecular formula is C18H19N3O2S2. The first kappa shape index (κ1) is 16.5. The summed E-state index contributed by atoms with van der Waals surface area (Å²) in [4.78, 5) is 33.6. The summed E-state index contributed by atoms with van der Waals surface area (Å²) in [6, 6.07) is 3.98. The van der Waals surface area contributed by atoms with Crippen molar-refractivity contribution in [1.29, 1.82) is 0 Å². The number of nitrogens with zero attached hydrogens (tertiary/aromatic N) is 3. The van der Waals surface area contributed by atoms with Gasteiger partial charge in [-0.25, -0.2) is 4.98 Å². The van der Waals surface area contributed by atoms with Gasteiger partial charge in [0.2, 0.25) is 5.91 Å². The van der Waals surface area contributed by atoms with Crippen LogP contribution in [0.2, 0.25) is 0 Å². The average Bonchev–Trinajstić information content (AvgIpc) is 3.20. The third-order valence-corrected chi connectivity index (χ3v) is 6.40. The smallest absolute Gasteiger partial charge is 0.263 e. The van der Waals surface area contributed by atoms with Crippen molar-refractivity contribution >= 4 is 38.8 Å². The summed E-state index contributed by atoms with van der Waals surface area (Å²) in [5.74, 6) is 0.0121. The lowest BCUT2D eigenvalue weighted by molar-refractivity contribution is -0.131. The molecule has 130 valence electrons. The first-order chi connectivity index (χ1) is 12.2. The molecule has 4 heterocycles. The van der Waals surface area contributed by atoms with Gasteiger partial charge < -0.3 is 4.90 Å². The molecule has 1 saturated heterocycles. The zero-order chi connectivity index (χ0) is 17.2. The zero-order valence-corrected chi connectivity index (χ0v) is 15.4. The minimum Gasteiger partial charge on any atom is -0.341 e. The number of hydrogen-bond donors (Lipinski definition) is 0. The topological polar surface area (TPSA) is 55.2 Å². The van der Waals surface area contributed by atoms with Crippen LogP contribution in [0.25, 0.3) is 20.7 Å². The van der Waals surface area contributed by atoms with E-state index in [4.69, 9.17) is 0 Å². The van der Waals surface area contributed by atoms with Crippen LogP contribution in [-0.2, 0) is 11.3 Å². The predicted molar refractivity (Wildman–Crippen MR) is 102 cm³/mol. The summed E-state index contributed by atoms with van der Waals surface area (Å²) < 4.78 is 1.46. The van der Waals surface area contributed by atoms with Crippen LogP contribution in [-0.4, -0.2) is 33.4 Å². The molecule has 7 heteroatoms. The van der Waals surface area contributed by atoms with Crippen molar-refractivity contribution in [2.75, 3.05) is 13.1 Å². The zero-order valence-electron chi connectivity index (χ0n) is 13.8. The van der Waals surface area contributed by atoms with E-state index in [0.29, 0.717) is 5.39 Å². The standard InChI is InChI=1S/C18H19N3O2S2/c22-15(20-7-3-1-2-4-8-20)10-21-12-19-17-16(18(21)23)13(11-25-17)14-6-5-9-24-14/h5-6,9,11-12H,1-4,7-8,10H2. The van der Waals surface area contributed by atoms with Crippen LogP contribution in [0.4, 0.5) is 0 Å². The lowest BCUT2D eigenvalue weighted by Gasteiger charge is -2.20. The quantitative estimate of drug-likeness (QED) is 0.705. The predicted octanol–water partition coefficient (Wildman–Crippen LogP) is 3.59. The molecule has 0 aliphatic carbocycles. The number of rotatable bonds is 3. The Labute approximate surface area is 153 Å². The minimum absolute atomic E-state index is 0.0121. The van der Waals surface area contributed by atoms with E-state index >= 15 is 0 Å². The van der Waals surface area contributed by atoms with Gasteiger partial charge in [-0.1, -0.05) is 18.9 Å². The Morgan fingerprint density at radius 3 is 2.68 bits per heavy atom. The van der Waals surface area contributed by atoms with E-state index < -0.39 is 0 Å². The number of likely N-dealkylation sites (tertiary alicyclic amines) is 1. The van der Waals surface area contributed by atoms with Gasteiger partial charge in [-0.15, -0.1) is 22.7 Å². The summed E-state index contributed by atoms with van der Waals surface area (Å²) in [5, 5.41) is 4.60. The number of carbonyl (C=O) groups excluding carboxylic acids is 1. The third-order valence-electron chi connectivity index (χ3n) is 4.61. The minimum atomic E-state index is -0.127. The lowest BCUT2D eigenvalue weighted by atomic mass is 10.2. The summed E-state index contributed by atoms with van der Waals surface area (Å²) >= 11 is 3.08. The van der Waals surface area contributed by atoms with Crippen molar-refractivity contribution in [1.82, 2.24) is 14.5 Å². The van der Waals surface area contributed by atoms with Crippen molar-refractivity contribution in [2.45, 2.75) is 32.2 Å². The van der Waals surface area contributed by atoms with Crippen LogP contribution >= 0.6 is 22.7 Å². The van der Waals surface area contributed by atoms with Gasteiger partial charge in [-0.2, -0.15) is 0 Å². The van der Waals surface area contributed by atoms with Crippen molar-refractivity contribution in [3.63, 3.8) is 0 Å². The fourth-order valence-electron chi connectivity index (χ4n) is 3.26. The van der Waals surface area contributed by atoms with Gasteiger partial charge in [0.05, 0.1) is 11.7 Å². The Morgan fingerprint density at radius 1 is 1.16 bits per heavy atom. The first-order valence-corrected chi connectivity index (χ1v) is 10.3. The molecule has 0 saturated carbocycles. The molecule has 1 fully saturated rings. The highest BCUT2D eigenvalue weighted by Gasteiger charge is 2.19. The second-order valence-electron chi connectivity index (χ2n) is 6.28. The molecule has 0 spiro atoms. The van der Waals surface area contributed by atoms with Crippen molar-refractivity contribution < 1.29 is 4.79 Å². The van der Waals surface area contributed by atoms with Gasteiger partial charge in [-0.05, 0) is 24.3 Å².